The summed E-state index contributed by atoms with van der Waals surface area (Å²) in [4.78, 5) is 11.1. The maximum Gasteiger partial charge on any atom is 0.305 e. The molecule has 0 heterocycles. The summed E-state index contributed by atoms with van der Waals surface area (Å²) in [6, 6.07) is 0. The first-order valence-corrected chi connectivity index (χ1v) is 8.61. The first kappa shape index (κ1) is 24.2. The lowest BCUT2D eigenvalue weighted by Gasteiger charge is -2.28. The molecule has 0 aliphatic rings. The van der Waals surface area contributed by atoms with Crippen LogP contribution >= 0.6 is 0 Å². The van der Waals surface area contributed by atoms with E-state index in [9.17, 15) is 4.79 Å². The van der Waals surface area contributed by atoms with Crippen LogP contribution in [0.15, 0.2) is 0 Å². The summed E-state index contributed by atoms with van der Waals surface area (Å²) in [5.41, 5.74) is 0. The SMILES string of the molecule is COCCOCCOCCOC(CC(=O)O)C(C)C(C)OCCOC. The van der Waals surface area contributed by atoms with Crippen molar-refractivity contribution >= 4 is 5.97 Å². The van der Waals surface area contributed by atoms with E-state index in [4.69, 9.17) is 33.5 Å². The smallest absolute Gasteiger partial charge is 0.305 e. The van der Waals surface area contributed by atoms with Crippen molar-refractivity contribution in [2.75, 3.05) is 67.1 Å². The number of carbonyl (C=O) groups is 1. The topological polar surface area (TPSA) is 92.7 Å². The van der Waals surface area contributed by atoms with Gasteiger partial charge in [0.25, 0.3) is 0 Å². The molecule has 0 amide bonds. The fraction of sp³-hybridized carbons (Fsp3) is 0.941. The van der Waals surface area contributed by atoms with Crippen LogP contribution < -0.4 is 0 Å². The molecule has 150 valence electrons. The lowest BCUT2D eigenvalue weighted by molar-refractivity contribution is -0.143. The second kappa shape index (κ2) is 16.7. The molecule has 0 fully saturated rings. The lowest BCUT2D eigenvalue weighted by atomic mass is 9.96. The van der Waals surface area contributed by atoms with E-state index in [-0.39, 0.29) is 18.4 Å². The van der Waals surface area contributed by atoms with Crippen molar-refractivity contribution in [3.8, 4) is 0 Å². The van der Waals surface area contributed by atoms with Crippen LogP contribution in [-0.2, 0) is 33.2 Å². The minimum Gasteiger partial charge on any atom is -0.481 e. The maximum absolute atomic E-state index is 11.1. The molecule has 8 nitrogen and oxygen atoms in total. The van der Waals surface area contributed by atoms with E-state index in [0.717, 1.165) is 0 Å². The van der Waals surface area contributed by atoms with E-state index in [1.54, 1.807) is 14.2 Å². The number of aliphatic carboxylic acids is 1. The molecule has 0 rings (SSSR count). The van der Waals surface area contributed by atoms with Crippen LogP contribution in [0.1, 0.15) is 20.3 Å². The third-order valence-electron chi connectivity index (χ3n) is 3.73. The molecule has 8 heteroatoms. The van der Waals surface area contributed by atoms with Crippen molar-refractivity contribution in [1.29, 1.82) is 0 Å². The number of rotatable bonds is 18. The van der Waals surface area contributed by atoms with Crippen molar-refractivity contribution in [2.24, 2.45) is 5.92 Å². The third-order valence-corrected chi connectivity index (χ3v) is 3.73. The molecule has 1 N–H and O–H groups in total. The number of carboxylic acid groups (broad SMARTS) is 1. The van der Waals surface area contributed by atoms with E-state index in [2.05, 4.69) is 0 Å². The summed E-state index contributed by atoms with van der Waals surface area (Å²) in [5, 5.41) is 9.07. The largest absolute Gasteiger partial charge is 0.481 e. The van der Waals surface area contributed by atoms with Crippen LogP contribution in [0.3, 0.4) is 0 Å². The van der Waals surface area contributed by atoms with Crippen molar-refractivity contribution in [1.82, 2.24) is 0 Å². The Morgan fingerprint density at radius 1 is 0.800 bits per heavy atom. The Labute approximate surface area is 150 Å². The maximum atomic E-state index is 11.1. The fourth-order valence-corrected chi connectivity index (χ4v) is 2.06. The molecule has 0 saturated carbocycles. The highest BCUT2D eigenvalue weighted by Gasteiger charge is 2.26. The summed E-state index contributed by atoms with van der Waals surface area (Å²) in [6.45, 7) is 7.56. The quantitative estimate of drug-likeness (QED) is 0.362. The Hall–Kier alpha value is -0.770. The molecule has 0 saturated heterocycles. The van der Waals surface area contributed by atoms with Crippen LogP contribution in [0, 0.1) is 5.92 Å². The molecule has 0 spiro atoms. The van der Waals surface area contributed by atoms with Gasteiger partial charge < -0.3 is 33.5 Å². The van der Waals surface area contributed by atoms with Gasteiger partial charge in [-0.05, 0) is 6.92 Å². The molecule has 0 aliphatic carbocycles. The summed E-state index contributed by atoms with van der Waals surface area (Å²) in [7, 11) is 3.23. The van der Waals surface area contributed by atoms with Crippen LogP contribution in [0.2, 0.25) is 0 Å². The number of hydrogen-bond donors (Lipinski definition) is 1. The minimum atomic E-state index is -0.895. The molecule has 0 aromatic heterocycles. The Morgan fingerprint density at radius 2 is 1.28 bits per heavy atom. The van der Waals surface area contributed by atoms with E-state index in [1.807, 2.05) is 13.8 Å². The highest BCUT2D eigenvalue weighted by atomic mass is 16.6. The van der Waals surface area contributed by atoms with Gasteiger partial charge in [-0.1, -0.05) is 6.92 Å². The molecule has 0 aromatic carbocycles. The Bertz CT molecular complexity index is 313. The van der Waals surface area contributed by atoms with Gasteiger partial charge in [0.1, 0.15) is 0 Å². The Kier molecular flexibility index (Phi) is 16.2. The van der Waals surface area contributed by atoms with Crippen molar-refractivity contribution < 1.29 is 38.3 Å². The van der Waals surface area contributed by atoms with Gasteiger partial charge in [0.05, 0.1) is 71.5 Å². The number of methoxy groups -OCH3 is 2. The van der Waals surface area contributed by atoms with E-state index in [1.165, 1.54) is 0 Å². The monoisotopic (exact) mass is 366 g/mol. The van der Waals surface area contributed by atoms with Crippen LogP contribution in [-0.4, -0.2) is 90.4 Å². The highest BCUT2D eigenvalue weighted by molar-refractivity contribution is 5.67. The van der Waals surface area contributed by atoms with Gasteiger partial charge in [-0.3, -0.25) is 4.79 Å². The van der Waals surface area contributed by atoms with E-state index < -0.39 is 12.1 Å². The molecular weight excluding hydrogens is 332 g/mol. The predicted molar refractivity (Wildman–Crippen MR) is 92.0 cm³/mol. The number of ether oxygens (including phenoxy) is 6. The average molecular weight is 366 g/mol. The summed E-state index contributed by atoms with van der Waals surface area (Å²) < 4.78 is 31.8. The van der Waals surface area contributed by atoms with Crippen LogP contribution in [0.5, 0.6) is 0 Å². The van der Waals surface area contributed by atoms with E-state index >= 15 is 0 Å². The van der Waals surface area contributed by atoms with Crippen molar-refractivity contribution in [3.05, 3.63) is 0 Å². The van der Waals surface area contributed by atoms with Gasteiger partial charge in [0.2, 0.25) is 0 Å². The molecule has 0 aromatic rings. The van der Waals surface area contributed by atoms with E-state index in [0.29, 0.717) is 52.9 Å². The molecule has 0 bridgehead atoms. The number of carboxylic acids is 1. The second-order valence-corrected chi connectivity index (χ2v) is 5.65. The summed E-state index contributed by atoms with van der Waals surface area (Å²) in [6.07, 6.45) is -0.634. The molecular formula is C17H34O8. The molecule has 0 aliphatic heterocycles. The number of hydrogen-bond acceptors (Lipinski definition) is 7. The van der Waals surface area contributed by atoms with Gasteiger partial charge in [0, 0.05) is 20.1 Å². The zero-order valence-electron chi connectivity index (χ0n) is 15.9. The summed E-state index contributed by atoms with van der Waals surface area (Å²) in [5.74, 6) is -0.960. The fourth-order valence-electron chi connectivity index (χ4n) is 2.06. The van der Waals surface area contributed by atoms with Crippen molar-refractivity contribution in [2.45, 2.75) is 32.5 Å². The predicted octanol–water partition coefficient (Wildman–Crippen LogP) is 1.21. The summed E-state index contributed by atoms with van der Waals surface area (Å²) >= 11 is 0. The Balaban J connectivity index is 3.99. The van der Waals surface area contributed by atoms with Gasteiger partial charge in [-0.25, -0.2) is 0 Å². The van der Waals surface area contributed by atoms with Crippen LogP contribution in [0.25, 0.3) is 0 Å². The van der Waals surface area contributed by atoms with Crippen LogP contribution in [0.4, 0.5) is 0 Å². The lowest BCUT2D eigenvalue weighted by Crippen LogP contribution is -2.35. The van der Waals surface area contributed by atoms with Gasteiger partial charge in [-0.15, -0.1) is 0 Å². The Morgan fingerprint density at radius 3 is 1.84 bits per heavy atom. The molecule has 25 heavy (non-hydrogen) atoms. The average Bonchev–Trinajstić information content (AvgIpc) is 2.58. The molecule has 3 unspecified atom stereocenters. The highest BCUT2D eigenvalue weighted by Crippen LogP contribution is 2.18. The van der Waals surface area contributed by atoms with Crippen molar-refractivity contribution in [3.63, 3.8) is 0 Å². The zero-order chi connectivity index (χ0) is 18.9. The standard InChI is InChI=1S/C17H34O8/c1-14(15(2)24-11-6-21-4)16(13-17(18)19)25-12-10-23-9-8-22-7-5-20-3/h14-16H,5-13H2,1-4H3,(H,18,19). The molecule has 3 atom stereocenters. The second-order valence-electron chi connectivity index (χ2n) is 5.65. The van der Waals surface area contributed by atoms with Gasteiger partial charge in [-0.2, -0.15) is 0 Å². The molecule has 0 radical (unpaired) electrons. The first-order valence-electron chi connectivity index (χ1n) is 8.61. The normalized spacial score (nSPS) is 15.0. The third kappa shape index (κ3) is 14.1. The van der Waals surface area contributed by atoms with Gasteiger partial charge in [0.15, 0.2) is 0 Å². The first-order chi connectivity index (χ1) is 12.0. The van der Waals surface area contributed by atoms with Gasteiger partial charge >= 0.3 is 5.97 Å². The zero-order valence-corrected chi connectivity index (χ0v) is 15.9. The minimum absolute atomic E-state index is 0.0645.